The van der Waals surface area contributed by atoms with Crippen LogP contribution in [0.2, 0.25) is 0 Å². The Morgan fingerprint density at radius 2 is 1.89 bits per heavy atom. The van der Waals surface area contributed by atoms with E-state index in [1.165, 1.54) is 29.5 Å². The molecule has 0 aliphatic rings. The van der Waals surface area contributed by atoms with Crippen LogP contribution < -0.4 is 15.2 Å². The van der Waals surface area contributed by atoms with E-state index in [9.17, 15) is 13.2 Å². The van der Waals surface area contributed by atoms with Crippen LogP contribution in [0.15, 0.2) is 29.6 Å². The molecule has 0 saturated heterocycles. The molecule has 102 valence electrons. The molecule has 0 amide bonds. The van der Waals surface area contributed by atoms with Gasteiger partial charge in [-0.3, -0.25) is 0 Å². The van der Waals surface area contributed by atoms with Crippen LogP contribution in [0.4, 0.5) is 18.3 Å². The smallest absolute Gasteiger partial charge is 0.483 e. The summed E-state index contributed by atoms with van der Waals surface area (Å²) >= 11 is 1.23. The van der Waals surface area contributed by atoms with E-state index in [0.717, 1.165) is 0 Å². The van der Waals surface area contributed by atoms with Gasteiger partial charge in [-0.25, -0.2) is 4.98 Å². The summed E-state index contributed by atoms with van der Waals surface area (Å²) in [7, 11) is 0. The van der Waals surface area contributed by atoms with Crippen LogP contribution >= 0.6 is 11.3 Å². The molecule has 0 saturated carbocycles. The predicted molar refractivity (Wildman–Crippen MR) is 64.0 cm³/mol. The molecule has 0 atom stereocenters. The summed E-state index contributed by atoms with van der Waals surface area (Å²) in [5, 5.41) is 2.04. The van der Waals surface area contributed by atoms with Gasteiger partial charge in [0.15, 0.2) is 16.6 Å². The number of hydrogen-bond acceptors (Lipinski definition) is 5. The van der Waals surface area contributed by atoms with Gasteiger partial charge in [0.1, 0.15) is 6.61 Å². The maximum Gasteiger partial charge on any atom is 0.573 e. The van der Waals surface area contributed by atoms with Gasteiger partial charge < -0.3 is 15.2 Å². The number of para-hydroxylation sites is 2. The average Bonchev–Trinajstić information content (AvgIpc) is 2.72. The van der Waals surface area contributed by atoms with Crippen LogP contribution in [0.1, 0.15) is 5.69 Å². The summed E-state index contributed by atoms with van der Waals surface area (Å²) in [4.78, 5) is 3.94. The van der Waals surface area contributed by atoms with Crippen molar-refractivity contribution in [2.24, 2.45) is 0 Å². The second-order valence-corrected chi connectivity index (χ2v) is 4.35. The molecule has 4 nitrogen and oxygen atoms in total. The Balaban J connectivity index is 2.07. The van der Waals surface area contributed by atoms with Crippen molar-refractivity contribution in [3.05, 3.63) is 35.3 Å². The first kappa shape index (κ1) is 13.5. The first-order valence-corrected chi connectivity index (χ1v) is 5.99. The number of hydrogen-bond donors (Lipinski definition) is 1. The average molecular weight is 290 g/mol. The van der Waals surface area contributed by atoms with Crippen molar-refractivity contribution in [3.63, 3.8) is 0 Å². The van der Waals surface area contributed by atoms with Crippen molar-refractivity contribution in [3.8, 4) is 11.5 Å². The van der Waals surface area contributed by atoms with Gasteiger partial charge in [-0.1, -0.05) is 12.1 Å². The Kier molecular flexibility index (Phi) is 3.79. The predicted octanol–water partition coefficient (Wildman–Crippen LogP) is 3.20. The number of halogens is 3. The molecule has 0 bridgehead atoms. The summed E-state index contributed by atoms with van der Waals surface area (Å²) < 4.78 is 45.7. The third-order valence-electron chi connectivity index (χ3n) is 2.02. The fraction of sp³-hybridized carbons (Fsp3) is 0.182. The van der Waals surface area contributed by atoms with E-state index in [-0.39, 0.29) is 12.4 Å². The lowest BCUT2D eigenvalue weighted by Gasteiger charge is -2.13. The molecule has 2 N–H and O–H groups in total. The van der Waals surface area contributed by atoms with Gasteiger partial charge in [-0.05, 0) is 12.1 Å². The molecule has 0 radical (unpaired) electrons. The van der Waals surface area contributed by atoms with Gasteiger partial charge in [-0.15, -0.1) is 24.5 Å². The number of anilines is 1. The van der Waals surface area contributed by atoms with Gasteiger partial charge in [0.05, 0.1) is 5.69 Å². The molecule has 19 heavy (non-hydrogen) atoms. The molecule has 1 heterocycles. The number of ether oxygens (including phenoxy) is 2. The van der Waals surface area contributed by atoms with E-state index in [1.54, 1.807) is 11.4 Å². The fourth-order valence-electron chi connectivity index (χ4n) is 1.32. The van der Waals surface area contributed by atoms with E-state index >= 15 is 0 Å². The summed E-state index contributed by atoms with van der Waals surface area (Å²) in [5.41, 5.74) is 5.98. The molecule has 8 heteroatoms. The van der Waals surface area contributed by atoms with Crippen molar-refractivity contribution in [2.45, 2.75) is 13.0 Å². The summed E-state index contributed by atoms with van der Waals surface area (Å²) in [5.74, 6) is -0.399. The van der Waals surface area contributed by atoms with E-state index in [2.05, 4.69) is 9.72 Å². The Bertz CT molecular complexity index is 557. The zero-order valence-corrected chi connectivity index (χ0v) is 10.3. The Hall–Kier alpha value is -1.96. The van der Waals surface area contributed by atoms with Crippen LogP contribution in [-0.2, 0) is 6.61 Å². The topological polar surface area (TPSA) is 57.4 Å². The zero-order chi connectivity index (χ0) is 13.9. The minimum Gasteiger partial charge on any atom is -0.483 e. The molecule has 0 spiro atoms. The normalized spacial score (nSPS) is 11.3. The monoisotopic (exact) mass is 290 g/mol. The summed E-state index contributed by atoms with van der Waals surface area (Å²) in [6.45, 7) is 0.0198. The number of aromatic nitrogens is 1. The number of nitrogens with two attached hydrogens (primary N) is 1. The largest absolute Gasteiger partial charge is 0.573 e. The summed E-state index contributed by atoms with van der Waals surface area (Å²) in [6.07, 6.45) is -4.76. The molecule has 0 unspecified atom stereocenters. The highest BCUT2D eigenvalue weighted by molar-refractivity contribution is 7.13. The molecule has 2 rings (SSSR count). The molecule has 0 fully saturated rings. The minimum absolute atomic E-state index is 0.00797. The molecule has 0 aliphatic carbocycles. The standard InChI is InChI=1S/C11H9F3N2O2S/c12-11(13,14)18-9-4-2-1-3-8(9)17-5-7-6-19-10(15)16-7/h1-4,6H,5H2,(H2,15,16). The number of thiazole rings is 1. The van der Waals surface area contributed by atoms with Crippen LogP contribution in [-0.4, -0.2) is 11.3 Å². The molecule has 1 aromatic carbocycles. The van der Waals surface area contributed by atoms with Crippen molar-refractivity contribution in [1.29, 1.82) is 0 Å². The number of nitrogens with zero attached hydrogens (tertiary/aromatic N) is 1. The van der Waals surface area contributed by atoms with Gasteiger partial charge in [0.25, 0.3) is 0 Å². The quantitative estimate of drug-likeness (QED) is 0.939. The van der Waals surface area contributed by atoms with Crippen molar-refractivity contribution >= 4 is 16.5 Å². The highest BCUT2D eigenvalue weighted by Crippen LogP contribution is 2.32. The van der Waals surface area contributed by atoms with Crippen molar-refractivity contribution in [1.82, 2.24) is 4.98 Å². The Morgan fingerprint density at radius 1 is 1.21 bits per heavy atom. The number of nitrogen functional groups attached to an aromatic ring is 1. The second kappa shape index (κ2) is 5.35. The first-order chi connectivity index (χ1) is 8.94. The van der Waals surface area contributed by atoms with Crippen LogP contribution in [0.3, 0.4) is 0 Å². The SMILES string of the molecule is Nc1nc(COc2ccccc2OC(F)(F)F)cs1. The zero-order valence-electron chi connectivity index (χ0n) is 9.48. The summed E-state index contributed by atoms with van der Waals surface area (Å²) in [6, 6.07) is 5.54. The van der Waals surface area contributed by atoms with Crippen LogP contribution in [0, 0.1) is 0 Å². The molecule has 2 aromatic rings. The van der Waals surface area contributed by atoms with Gasteiger partial charge in [0, 0.05) is 5.38 Å². The lowest BCUT2D eigenvalue weighted by molar-refractivity contribution is -0.275. The van der Waals surface area contributed by atoms with Gasteiger partial charge in [0.2, 0.25) is 0 Å². The maximum absolute atomic E-state index is 12.2. The number of rotatable bonds is 4. The highest BCUT2D eigenvalue weighted by Gasteiger charge is 2.32. The molecular weight excluding hydrogens is 281 g/mol. The molecule has 0 aliphatic heterocycles. The third kappa shape index (κ3) is 4.02. The van der Waals surface area contributed by atoms with Crippen molar-refractivity contribution < 1.29 is 22.6 Å². The maximum atomic E-state index is 12.2. The Morgan fingerprint density at radius 3 is 2.47 bits per heavy atom. The molecule has 1 aromatic heterocycles. The van der Waals surface area contributed by atoms with E-state index < -0.39 is 12.1 Å². The van der Waals surface area contributed by atoms with Crippen LogP contribution in [0.25, 0.3) is 0 Å². The molecular formula is C11H9F3N2O2S. The van der Waals surface area contributed by atoms with Gasteiger partial charge in [-0.2, -0.15) is 0 Å². The van der Waals surface area contributed by atoms with E-state index in [0.29, 0.717) is 10.8 Å². The van der Waals surface area contributed by atoms with E-state index in [1.807, 2.05) is 0 Å². The third-order valence-corrected chi connectivity index (χ3v) is 2.74. The lowest BCUT2D eigenvalue weighted by atomic mass is 10.3. The lowest BCUT2D eigenvalue weighted by Crippen LogP contribution is -2.17. The first-order valence-electron chi connectivity index (χ1n) is 5.11. The minimum atomic E-state index is -4.76. The van der Waals surface area contributed by atoms with Crippen LogP contribution in [0.5, 0.6) is 11.5 Å². The highest BCUT2D eigenvalue weighted by atomic mass is 32.1. The van der Waals surface area contributed by atoms with Gasteiger partial charge >= 0.3 is 6.36 Å². The fourth-order valence-corrected chi connectivity index (χ4v) is 1.87. The van der Waals surface area contributed by atoms with E-state index in [4.69, 9.17) is 10.5 Å². The second-order valence-electron chi connectivity index (χ2n) is 3.46. The number of benzene rings is 1. The Labute approximate surface area is 110 Å². The van der Waals surface area contributed by atoms with Crippen molar-refractivity contribution in [2.75, 3.05) is 5.73 Å². The number of alkyl halides is 3.